The Labute approximate surface area is 84.1 Å². The quantitative estimate of drug-likeness (QED) is 0.710. The van der Waals surface area contributed by atoms with Gasteiger partial charge in [-0.2, -0.15) is 0 Å². The molecule has 0 aliphatic carbocycles. The molecule has 0 aliphatic rings. The van der Waals surface area contributed by atoms with Crippen LogP contribution in [0.2, 0.25) is 0 Å². The van der Waals surface area contributed by atoms with Gasteiger partial charge in [0.2, 0.25) is 0 Å². The smallest absolute Gasteiger partial charge is 0.264 e. The molecule has 4 nitrogen and oxygen atoms in total. The predicted octanol–water partition coefficient (Wildman–Crippen LogP) is 1.26. The Morgan fingerprint density at radius 1 is 1.29 bits per heavy atom. The molecule has 0 fully saturated rings. The van der Waals surface area contributed by atoms with E-state index in [0.29, 0.717) is 6.61 Å². The minimum absolute atomic E-state index is 0.232. The van der Waals surface area contributed by atoms with Crippen LogP contribution in [-0.4, -0.2) is 26.5 Å². The zero-order valence-electron chi connectivity index (χ0n) is 8.17. The van der Waals surface area contributed by atoms with Crippen molar-refractivity contribution in [3.63, 3.8) is 0 Å². The van der Waals surface area contributed by atoms with Gasteiger partial charge in [-0.05, 0) is 19.1 Å². The van der Waals surface area contributed by atoms with Gasteiger partial charge >= 0.3 is 0 Å². The van der Waals surface area contributed by atoms with Gasteiger partial charge < -0.3 is 0 Å². The lowest BCUT2D eigenvalue weighted by atomic mass is 10.4. The SMILES string of the molecule is CCON(C)S(=O)(=O)c1ccccc1. The van der Waals surface area contributed by atoms with Gasteiger partial charge in [0.15, 0.2) is 0 Å². The molecule has 5 heteroatoms. The summed E-state index contributed by atoms with van der Waals surface area (Å²) >= 11 is 0. The van der Waals surface area contributed by atoms with Crippen molar-refractivity contribution >= 4 is 10.0 Å². The van der Waals surface area contributed by atoms with Crippen molar-refractivity contribution in [1.29, 1.82) is 0 Å². The van der Waals surface area contributed by atoms with Gasteiger partial charge in [0.1, 0.15) is 0 Å². The van der Waals surface area contributed by atoms with Crippen LogP contribution in [0.3, 0.4) is 0 Å². The molecule has 14 heavy (non-hydrogen) atoms. The average molecular weight is 215 g/mol. The van der Waals surface area contributed by atoms with E-state index < -0.39 is 10.0 Å². The number of hydrogen-bond donors (Lipinski definition) is 0. The molecule has 0 unspecified atom stereocenters. The molecule has 1 rings (SSSR count). The number of hydrogen-bond acceptors (Lipinski definition) is 3. The highest BCUT2D eigenvalue weighted by Crippen LogP contribution is 2.13. The van der Waals surface area contributed by atoms with Gasteiger partial charge in [0.25, 0.3) is 10.0 Å². The number of hydroxylamine groups is 1. The fourth-order valence-corrected chi connectivity index (χ4v) is 2.03. The first-order valence-corrected chi connectivity index (χ1v) is 5.70. The zero-order chi connectivity index (χ0) is 10.6. The Morgan fingerprint density at radius 2 is 1.86 bits per heavy atom. The number of rotatable bonds is 4. The minimum atomic E-state index is -3.49. The Balaban J connectivity index is 2.97. The lowest BCUT2D eigenvalue weighted by molar-refractivity contribution is -0.0578. The van der Waals surface area contributed by atoms with Crippen molar-refractivity contribution in [1.82, 2.24) is 4.47 Å². The minimum Gasteiger partial charge on any atom is -0.285 e. The van der Waals surface area contributed by atoms with Crippen LogP contribution in [-0.2, 0) is 14.9 Å². The Bertz CT molecular complexity index is 374. The van der Waals surface area contributed by atoms with Crippen LogP contribution in [0.5, 0.6) is 0 Å². The second-order valence-corrected chi connectivity index (χ2v) is 4.58. The molecule has 0 N–H and O–H groups in total. The maximum absolute atomic E-state index is 11.7. The molecule has 0 radical (unpaired) electrons. The van der Waals surface area contributed by atoms with Gasteiger partial charge in [-0.15, -0.1) is 0 Å². The molecule has 0 aliphatic heterocycles. The van der Waals surface area contributed by atoms with Crippen LogP contribution in [0.4, 0.5) is 0 Å². The summed E-state index contributed by atoms with van der Waals surface area (Å²) in [6.07, 6.45) is 0. The van der Waals surface area contributed by atoms with Crippen LogP contribution in [0, 0.1) is 0 Å². The van der Waals surface area contributed by atoms with Gasteiger partial charge in [-0.1, -0.05) is 22.7 Å². The summed E-state index contributed by atoms with van der Waals surface area (Å²) in [6, 6.07) is 8.18. The van der Waals surface area contributed by atoms with E-state index in [9.17, 15) is 8.42 Å². The third kappa shape index (κ3) is 2.31. The highest BCUT2D eigenvalue weighted by molar-refractivity contribution is 7.89. The van der Waals surface area contributed by atoms with Gasteiger partial charge in [0, 0.05) is 7.05 Å². The summed E-state index contributed by atoms with van der Waals surface area (Å²) < 4.78 is 24.3. The third-order valence-electron chi connectivity index (χ3n) is 1.69. The van der Waals surface area contributed by atoms with E-state index in [2.05, 4.69) is 0 Å². The van der Waals surface area contributed by atoms with Crippen molar-refractivity contribution in [2.75, 3.05) is 13.7 Å². The number of benzene rings is 1. The lowest BCUT2D eigenvalue weighted by Gasteiger charge is -2.15. The Hall–Kier alpha value is -0.910. The Morgan fingerprint density at radius 3 is 2.36 bits per heavy atom. The van der Waals surface area contributed by atoms with Crippen LogP contribution in [0.15, 0.2) is 35.2 Å². The first-order valence-electron chi connectivity index (χ1n) is 4.26. The Kier molecular flexibility index (Phi) is 3.62. The molecular weight excluding hydrogens is 202 g/mol. The molecule has 0 bridgehead atoms. The van der Waals surface area contributed by atoms with Crippen molar-refractivity contribution < 1.29 is 13.3 Å². The molecular formula is C9H13NO3S. The van der Waals surface area contributed by atoms with Crippen LogP contribution >= 0.6 is 0 Å². The summed E-state index contributed by atoms with van der Waals surface area (Å²) in [5.74, 6) is 0. The van der Waals surface area contributed by atoms with Crippen molar-refractivity contribution in [2.45, 2.75) is 11.8 Å². The summed E-state index contributed by atoms with van der Waals surface area (Å²) in [5.41, 5.74) is 0. The van der Waals surface area contributed by atoms with Crippen LogP contribution in [0.25, 0.3) is 0 Å². The fourth-order valence-electron chi connectivity index (χ4n) is 0.992. The highest BCUT2D eigenvalue weighted by atomic mass is 32.2. The monoisotopic (exact) mass is 215 g/mol. The van der Waals surface area contributed by atoms with Crippen LogP contribution < -0.4 is 0 Å². The van der Waals surface area contributed by atoms with Crippen molar-refractivity contribution in [3.05, 3.63) is 30.3 Å². The van der Waals surface area contributed by atoms with Crippen molar-refractivity contribution in [2.24, 2.45) is 0 Å². The van der Waals surface area contributed by atoms with Gasteiger partial charge in [-0.3, -0.25) is 4.84 Å². The first-order chi connectivity index (χ1) is 6.59. The average Bonchev–Trinajstić information content (AvgIpc) is 2.19. The van der Waals surface area contributed by atoms with E-state index in [-0.39, 0.29) is 4.90 Å². The van der Waals surface area contributed by atoms with E-state index in [1.807, 2.05) is 0 Å². The molecule has 1 aromatic rings. The highest BCUT2D eigenvalue weighted by Gasteiger charge is 2.20. The largest absolute Gasteiger partial charge is 0.285 e. The molecule has 0 atom stereocenters. The lowest BCUT2D eigenvalue weighted by Crippen LogP contribution is -2.27. The number of nitrogens with zero attached hydrogens (tertiary/aromatic N) is 1. The van der Waals surface area contributed by atoms with Gasteiger partial charge in [-0.25, -0.2) is 8.42 Å². The second kappa shape index (κ2) is 4.54. The van der Waals surface area contributed by atoms with E-state index >= 15 is 0 Å². The summed E-state index contributed by atoms with van der Waals surface area (Å²) in [6.45, 7) is 2.06. The molecule has 0 aromatic heterocycles. The second-order valence-electron chi connectivity index (χ2n) is 2.65. The predicted molar refractivity (Wildman–Crippen MR) is 53.0 cm³/mol. The third-order valence-corrected chi connectivity index (χ3v) is 3.34. The molecule has 78 valence electrons. The van der Waals surface area contributed by atoms with E-state index in [0.717, 1.165) is 4.47 Å². The molecule has 0 spiro atoms. The van der Waals surface area contributed by atoms with E-state index in [4.69, 9.17) is 4.84 Å². The molecule has 0 heterocycles. The summed E-state index contributed by atoms with van der Waals surface area (Å²) in [7, 11) is -2.11. The van der Waals surface area contributed by atoms with Crippen LogP contribution in [0.1, 0.15) is 6.92 Å². The first kappa shape index (κ1) is 11.2. The van der Waals surface area contributed by atoms with E-state index in [1.165, 1.54) is 19.2 Å². The molecule has 0 amide bonds. The van der Waals surface area contributed by atoms with Gasteiger partial charge in [0.05, 0.1) is 11.5 Å². The molecule has 1 aromatic carbocycles. The summed E-state index contributed by atoms with van der Waals surface area (Å²) in [4.78, 5) is 5.14. The maximum atomic E-state index is 11.7. The standard InChI is InChI=1S/C9H13NO3S/c1-3-13-10(2)14(11,12)9-7-5-4-6-8-9/h4-8H,3H2,1-2H3. The zero-order valence-corrected chi connectivity index (χ0v) is 8.99. The maximum Gasteiger partial charge on any atom is 0.264 e. The summed E-state index contributed by atoms with van der Waals surface area (Å²) in [5, 5.41) is 0. The topological polar surface area (TPSA) is 46.6 Å². The molecule has 0 saturated carbocycles. The van der Waals surface area contributed by atoms with Crippen molar-refractivity contribution in [3.8, 4) is 0 Å². The number of sulfonamides is 1. The fraction of sp³-hybridized carbons (Fsp3) is 0.333. The normalized spacial score (nSPS) is 11.9. The van der Waals surface area contributed by atoms with E-state index in [1.54, 1.807) is 25.1 Å². The molecule has 0 saturated heterocycles.